The van der Waals surface area contributed by atoms with Gasteiger partial charge < -0.3 is 10.4 Å². The van der Waals surface area contributed by atoms with Crippen LogP contribution in [0.15, 0.2) is 28.1 Å². The zero-order valence-corrected chi connectivity index (χ0v) is 11.4. The zero-order valence-electron chi connectivity index (χ0n) is 8.97. The van der Waals surface area contributed by atoms with Gasteiger partial charge in [0.2, 0.25) is 0 Å². The van der Waals surface area contributed by atoms with Crippen molar-refractivity contribution in [1.29, 1.82) is 0 Å². The molecule has 1 aromatic rings. The third-order valence-electron chi connectivity index (χ3n) is 1.67. The molecule has 0 saturated heterocycles. The molecule has 96 valence electrons. The predicted octanol–water partition coefficient (Wildman–Crippen LogP) is 1.48. The number of nitrogens with one attached hydrogen (secondary N) is 2. The molecule has 6 nitrogen and oxygen atoms in total. The second kappa shape index (κ2) is 6.92. The van der Waals surface area contributed by atoms with Crippen molar-refractivity contribution in [3.05, 3.63) is 32.9 Å². The lowest BCUT2D eigenvalue weighted by Crippen LogP contribution is -2.38. The lowest BCUT2D eigenvalue weighted by Gasteiger charge is -2.02. The summed E-state index contributed by atoms with van der Waals surface area (Å²) in [4.78, 5) is 33.3. The molecule has 1 aromatic heterocycles. The van der Waals surface area contributed by atoms with Crippen molar-refractivity contribution in [2.75, 3.05) is 0 Å². The van der Waals surface area contributed by atoms with Crippen LogP contribution in [0.1, 0.15) is 4.88 Å². The molecule has 0 aliphatic rings. The first-order valence-electron chi connectivity index (χ1n) is 4.71. The van der Waals surface area contributed by atoms with Crippen molar-refractivity contribution < 1.29 is 19.5 Å². The van der Waals surface area contributed by atoms with Crippen LogP contribution in [0, 0.1) is 0 Å². The van der Waals surface area contributed by atoms with Crippen molar-refractivity contribution in [3.63, 3.8) is 0 Å². The Balaban J connectivity index is 2.33. The summed E-state index contributed by atoms with van der Waals surface area (Å²) in [5, 5.41) is 12.7. The molecule has 0 aromatic carbocycles. The van der Waals surface area contributed by atoms with Crippen LogP contribution in [0.25, 0.3) is 0 Å². The highest BCUT2D eigenvalue weighted by Crippen LogP contribution is 2.21. The SMILES string of the molecule is O=C(O)C=CC(=O)NC(=O)NCc1ccc(Br)s1. The molecule has 8 heteroatoms. The van der Waals surface area contributed by atoms with Crippen LogP contribution >= 0.6 is 27.3 Å². The molecule has 0 unspecified atom stereocenters. The highest BCUT2D eigenvalue weighted by Gasteiger charge is 2.05. The number of hydrogen-bond acceptors (Lipinski definition) is 4. The van der Waals surface area contributed by atoms with E-state index in [9.17, 15) is 14.4 Å². The third-order valence-corrected chi connectivity index (χ3v) is 3.29. The first kappa shape index (κ1) is 14.4. The lowest BCUT2D eigenvalue weighted by molar-refractivity contribution is -0.131. The van der Waals surface area contributed by atoms with Crippen LogP contribution in [0.3, 0.4) is 0 Å². The minimum atomic E-state index is -1.26. The molecule has 0 bridgehead atoms. The van der Waals surface area contributed by atoms with Crippen molar-refractivity contribution in [2.24, 2.45) is 0 Å². The van der Waals surface area contributed by atoms with E-state index in [-0.39, 0.29) is 6.54 Å². The standard InChI is InChI=1S/C10H9BrN2O4S/c11-7-2-1-6(18-7)5-12-10(17)13-8(14)3-4-9(15)16/h1-4H,5H2,(H,15,16)(H2,12,13,14,17). The molecule has 0 aliphatic heterocycles. The van der Waals surface area contributed by atoms with Crippen LogP contribution in [0.2, 0.25) is 0 Å². The quantitative estimate of drug-likeness (QED) is 0.727. The summed E-state index contributed by atoms with van der Waals surface area (Å²) < 4.78 is 0.945. The molecule has 0 fully saturated rings. The molecule has 0 atom stereocenters. The maximum Gasteiger partial charge on any atom is 0.328 e. The van der Waals surface area contributed by atoms with Gasteiger partial charge in [0.05, 0.1) is 10.3 Å². The summed E-state index contributed by atoms with van der Waals surface area (Å²) in [6.45, 7) is 0.290. The Morgan fingerprint density at radius 1 is 1.33 bits per heavy atom. The smallest absolute Gasteiger partial charge is 0.328 e. The van der Waals surface area contributed by atoms with Crippen LogP contribution in [0.4, 0.5) is 4.79 Å². The Bertz CT molecular complexity index is 498. The summed E-state index contributed by atoms with van der Waals surface area (Å²) in [6, 6.07) is 3.00. The number of urea groups is 1. The second-order valence-electron chi connectivity index (χ2n) is 3.05. The molecule has 1 heterocycles. The first-order valence-corrected chi connectivity index (χ1v) is 6.32. The van der Waals surface area contributed by atoms with Gasteiger partial charge in [0.25, 0.3) is 5.91 Å². The van der Waals surface area contributed by atoms with Gasteiger partial charge >= 0.3 is 12.0 Å². The fraction of sp³-hybridized carbons (Fsp3) is 0.100. The number of imide groups is 1. The zero-order chi connectivity index (χ0) is 13.5. The highest BCUT2D eigenvalue weighted by atomic mass is 79.9. The van der Waals surface area contributed by atoms with E-state index in [4.69, 9.17) is 5.11 Å². The van der Waals surface area contributed by atoms with E-state index < -0.39 is 17.9 Å². The van der Waals surface area contributed by atoms with E-state index >= 15 is 0 Å². The van der Waals surface area contributed by atoms with Gasteiger partial charge in [0.15, 0.2) is 0 Å². The van der Waals surface area contributed by atoms with Crippen LogP contribution in [-0.4, -0.2) is 23.0 Å². The molecule has 3 amide bonds. The number of rotatable bonds is 4. The van der Waals surface area contributed by atoms with Crippen LogP contribution in [0.5, 0.6) is 0 Å². The van der Waals surface area contributed by atoms with E-state index in [1.54, 1.807) is 0 Å². The average molecular weight is 333 g/mol. The van der Waals surface area contributed by atoms with Crippen molar-refractivity contribution in [2.45, 2.75) is 6.54 Å². The Hall–Kier alpha value is -1.67. The number of thiophene rings is 1. The van der Waals surface area contributed by atoms with E-state index in [0.29, 0.717) is 6.08 Å². The van der Waals surface area contributed by atoms with E-state index in [1.807, 2.05) is 17.4 Å². The molecule has 3 N–H and O–H groups in total. The molecule has 0 saturated carbocycles. The number of carboxylic acid groups (broad SMARTS) is 1. The number of hydrogen-bond donors (Lipinski definition) is 3. The topological polar surface area (TPSA) is 95.5 Å². The van der Waals surface area contributed by atoms with Gasteiger partial charge in [-0.05, 0) is 28.1 Å². The Morgan fingerprint density at radius 2 is 2.06 bits per heavy atom. The Kier molecular flexibility index (Phi) is 5.53. The van der Waals surface area contributed by atoms with Gasteiger partial charge in [0, 0.05) is 17.0 Å². The summed E-state index contributed by atoms with van der Waals surface area (Å²) in [6.07, 6.45) is 1.42. The maximum absolute atomic E-state index is 11.2. The third kappa shape index (κ3) is 5.60. The Labute approximate surface area is 115 Å². The maximum atomic E-state index is 11.2. The Morgan fingerprint density at radius 3 is 2.61 bits per heavy atom. The van der Waals surface area contributed by atoms with Gasteiger partial charge in [-0.25, -0.2) is 9.59 Å². The van der Waals surface area contributed by atoms with Gasteiger partial charge in [-0.2, -0.15) is 0 Å². The highest BCUT2D eigenvalue weighted by molar-refractivity contribution is 9.11. The normalized spacial score (nSPS) is 10.3. The van der Waals surface area contributed by atoms with E-state index in [0.717, 1.165) is 14.7 Å². The fourth-order valence-corrected chi connectivity index (χ4v) is 2.38. The molecular weight excluding hydrogens is 324 g/mol. The molecule has 0 radical (unpaired) electrons. The van der Waals surface area contributed by atoms with E-state index in [2.05, 4.69) is 21.2 Å². The summed E-state index contributed by atoms with van der Waals surface area (Å²) >= 11 is 4.75. The lowest BCUT2D eigenvalue weighted by atomic mass is 10.4. The molecule has 0 aliphatic carbocycles. The second-order valence-corrected chi connectivity index (χ2v) is 5.60. The van der Waals surface area contributed by atoms with Crippen molar-refractivity contribution >= 4 is 45.2 Å². The largest absolute Gasteiger partial charge is 0.478 e. The van der Waals surface area contributed by atoms with Crippen molar-refractivity contribution in [1.82, 2.24) is 10.6 Å². The van der Waals surface area contributed by atoms with Crippen LogP contribution < -0.4 is 10.6 Å². The number of carbonyl (C=O) groups is 3. The van der Waals surface area contributed by atoms with Crippen molar-refractivity contribution in [3.8, 4) is 0 Å². The van der Waals surface area contributed by atoms with Gasteiger partial charge in [-0.15, -0.1) is 11.3 Å². The molecule has 18 heavy (non-hydrogen) atoms. The van der Waals surface area contributed by atoms with Crippen LogP contribution in [-0.2, 0) is 16.1 Å². The fourth-order valence-electron chi connectivity index (χ4n) is 0.959. The summed E-state index contributed by atoms with van der Waals surface area (Å²) in [5.41, 5.74) is 0. The molecular formula is C10H9BrN2O4S. The summed E-state index contributed by atoms with van der Waals surface area (Å²) in [7, 11) is 0. The predicted molar refractivity (Wildman–Crippen MR) is 69.2 cm³/mol. The molecule has 1 rings (SSSR count). The molecule has 0 spiro atoms. The van der Waals surface area contributed by atoms with Gasteiger partial charge in [0.1, 0.15) is 0 Å². The first-order chi connectivity index (χ1) is 8.47. The summed E-state index contributed by atoms with van der Waals surface area (Å²) in [5.74, 6) is -2.05. The number of halogens is 1. The average Bonchev–Trinajstić information content (AvgIpc) is 2.70. The number of amides is 3. The minimum absolute atomic E-state index is 0.290. The monoisotopic (exact) mass is 332 g/mol. The number of carboxylic acids is 1. The van der Waals surface area contributed by atoms with Gasteiger partial charge in [-0.3, -0.25) is 10.1 Å². The van der Waals surface area contributed by atoms with Gasteiger partial charge in [-0.1, -0.05) is 0 Å². The number of carbonyl (C=O) groups excluding carboxylic acids is 2. The minimum Gasteiger partial charge on any atom is -0.478 e. The number of aliphatic carboxylic acids is 1. The van der Waals surface area contributed by atoms with E-state index in [1.165, 1.54) is 11.3 Å².